The maximum absolute atomic E-state index is 9.81. The van der Waals surface area contributed by atoms with E-state index in [0.717, 1.165) is 15.7 Å². The van der Waals surface area contributed by atoms with Crippen molar-refractivity contribution in [3.05, 3.63) is 51.0 Å². The van der Waals surface area contributed by atoms with E-state index in [0.29, 0.717) is 5.69 Å². The highest BCUT2D eigenvalue weighted by atomic mass is 79.9. The minimum atomic E-state index is -0.0709. The second-order valence-electron chi connectivity index (χ2n) is 4.25. The molecule has 0 unspecified atom stereocenters. The van der Waals surface area contributed by atoms with Gasteiger partial charge in [0.05, 0.1) is 10.7 Å². The highest BCUT2D eigenvalue weighted by Gasteiger charge is 2.07. The summed E-state index contributed by atoms with van der Waals surface area (Å²) in [6, 6.07) is 9.16. The Morgan fingerprint density at radius 2 is 1.74 bits per heavy atom. The molecule has 1 N–H and O–H groups in total. The lowest BCUT2D eigenvalue weighted by molar-refractivity contribution is 0.476. The average Bonchev–Trinajstić information content (AvgIpc) is 2.33. The molecule has 98 valence electrons. The van der Waals surface area contributed by atoms with Crippen molar-refractivity contribution in [1.29, 1.82) is 0 Å². The van der Waals surface area contributed by atoms with Gasteiger partial charge in [0.15, 0.2) is 5.75 Å². The lowest BCUT2D eigenvalue weighted by Gasteiger charge is -2.03. The van der Waals surface area contributed by atoms with Crippen molar-refractivity contribution < 1.29 is 5.11 Å². The second kappa shape index (κ2) is 5.72. The van der Waals surface area contributed by atoms with Crippen LogP contribution in [-0.2, 0) is 0 Å². The minimum absolute atomic E-state index is 0.0709. The van der Waals surface area contributed by atoms with Crippen molar-refractivity contribution in [1.82, 2.24) is 0 Å². The van der Waals surface area contributed by atoms with Crippen LogP contribution >= 0.6 is 27.5 Å². The molecule has 0 fully saturated rings. The summed E-state index contributed by atoms with van der Waals surface area (Å²) in [4.78, 5) is 0. The van der Waals surface area contributed by atoms with E-state index in [-0.39, 0.29) is 10.8 Å². The molecule has 2 rings (SSSR count). The van der Waals surface area contributed by atoms with E-state index in [2.05, 4.69) is 26.2 Å². The Labute approximate surface area is 125 Å². The molecule has 19 heavy (non-hydrogen) atoms. The zero-order valence-corrected chi connectivity index (χ0v) is 12.8. The molecule has 0 aliphatic carbocycles. The molecule has 0 saturated carbocycles. The summed E-state index contributed by atoms with van der Waals surface area (Å²) in [7, 11) is 0. The van der Waals surface area contributed by atoms with Crippen molar-refractivity contribution in [2.24, 2.45) is 10.2 Å². The SMILES string of the molecule is Cc1ccc(N=Nc2cc(Br)cc(Cl)c2O)c(C)c1. The van der Waals surface area contributed by atoms with Gasteiger partial charge in [-0.15, -0.1) is 5.11 Å². The van der Waals surface area contributed by atoms with E-state index in [9.17, 15) is 5.11 Å². The minimum Gasteiger partial charge on any atom is -0.504 e. The Morgan fingerprint density at radius 1 is 1.05 bits per heavy atom. The topological polar surface area (TPSA) is 45.0 Å². The van der Waals surface area contributed by atoms with Crippen molar-refractivity contribution in [3.63, 3.8) is 0 Å². The Hall–Kier alpha value is -1.39. The maximum atomic E-state index is 9.81. The number of nitrogens with zero attached hydrogens (tertiary/aromatic N) is 2. The second-order valence-corrected chi connectivity index (χ2v) is 5.57. The van der Waals surface area contributed by atoms with Crippen LogP contribution in [0.3, 0.4) is 0 Å². The molecule has 0 aliphatic rings. The Bertz CT molecular complexity index is 656. The van der Waals surface area contributed by atoms with Crippen molar-refractivity contribution in [2.75, 3.05) is 0 Å². The molecule has 0 radical (unpaired) electrons. The Kier molecular flexibility index (Phi) is 4.22. The molecule has 0 saturated heterocycles. The molecule has 0 atom stereocenters. The molecule has 5 heteroatoms. The van der Waals surface area contributed by atoms with Gasteiger partial charge in [-0.25, -0.2) is 0 Å². The fourth-order valence-electron chi connectivity index (χ4n) is 1.65. The summed E-state index contributed by atoms with van der Waals surface area (Å²) >= 11 is 9.17. The number of rotatable bonds is 2. The number of aromatic hydroxyl groups is 1. The summed E-state index contributed by atoms with van der Waals surface area (Å²) < 4.78 is 0.741. The quantitative estimate of drug-likeness (QED) is 0.686. The van der Waals surface area contributed by atoms with E-state index >= 15 is 0 Å². The number of phenolic OH excluding ortho intramolecular Hbond substituents is 1. The van der Waals surface area contributed by atoms with Gasteiger partial charge >= 0.3 is 0 Å². The van der Waals surface area contributed by atoms with Crippen molar-refractivity contribution in [2.45, 2.75) is 13.8 Å². The fourth-order valence-corrected chi connectivity index (χ4v) is 2.45. The van der Waals surface area contributed by atoms with Crippen LogP contribution in [0.25, 0.3) is 0 Å². The molecule has 0 spiro atoms. The van der Waals surface area contributed by atoms with Crippen LogP contribution in [0.5, 0.6) is 5.75 Å². The molecule has 0 aliphatic heterocycles. The van der Waals surface area contributed by atoms with Crippen LogP contribution in [-0.4, -0.2) is 5.11 Å². The number of azo groups is 1. The first-order valence-electron chi connectivity index (χ1n) is 5.64. The normalized spacial score (nSPS) is 11.2. The first-order valence-corrected chi connectivity index (χ1v) is 6.81. The zero-order chi connectivity index (χ0) is 14.0. The monoisotopic (exact) mass is 338 g/mol. The summed E-state index contributed by atoms with van der Waals surface area (Å²) in [5, 5.41) is 18.2. The van der Waals surface area contributed by atoms with Crippen molar-refractivity contribution >= 4 is 38.9 Å². The fraction of sp³-hybridized carbons (Fsp3) is 0.143. The number of aryl methyl sites for hydroxylation is 2. The highest BCUT2D eigenvalue weighted by molar-refractivity contribution is 9.10. The highest BCUT2D eigenvalue weighted by Crippen LogP contribution is 2.38. The predicted molar refractivity (Wildman–Crippen MR) is 80.9 cm³/mol. The third-order valence-electron chi connectivity index (χ3n) is 2.63. The predicted octanol–water partition coefficient (Wildman–Crippen LogP) is 5.84. The van der Waals surface area contributed by atoms with E-state index in [1.54, 1.807) is 12.1 Å². The van der Waals surface area contributed by atoms with Gasteiger partial charge in [0.25, 0.3) is 0 Å². The van der Waals surface area contributed by atoms with Gasteiger partial charge in [-0.3, -0.25) is 0 Å². The smallest absolute Gasteiger partial charge is 0.161 e. The average molecular weight is 340 g/mol. The van der Waals surface area contributed by atoms with E-state index in [4.69, 9.17) is 11.6 Å². The van der Waals surface area contributed by atoms with Gasteiger partial charge in [-0.2, -0.15) is 5.11 Å². The number of benzene rings is 2. The summed E-state index contributed by atoms with van der Waals surface area (Å²) in [6.45, 7) is 3.99. The Morgan fingerprint density at radius 3 is 2.42 bits per heavy atom. The van der Waals surface area contributed by atoms with Crippen LogP contribution in [0.2, 0.25) is 5.02 Å². The van der Waals surface area contributed by atoms with Gasteiger partial charge < -0.3 is 5.11 Å². The van der Waals surface area contributed by atoms with Gasteiger partial charge in [-0.1, -0.05) is 45.2 Å². The van der Waals surface area contributed by atoms with Gasteiger partial charge in [0.1, 0.15) is 5.69 Å². The first kappa shape index (κ1) is 14.0. The van der Waals surface area contributed by atoms with Gasteiger partial charge in [-0.05, 0) is 37.6 Å². The molecule has 3 nitrogen and oxygen atoms in total. The van der Waals surface area contributed by atoms with E-state index < -0.39 is 0 Å². The summed E-state index contributed by atoms with van der Waals surface area (Å²) in [5.41, 5.74) is 3.30. The number of hydrogen-bond acceptors (Lipinski definition) is 3. The first-order chi connectivity index (χ1) is 8.97. The molecule has 0 amide bonds. The lowest BCUT2D eigenvalue weighted by atomic mass is 10.1. The number of halogens is 2. The third-order valence-corrected chi connectivity index (χ3v) is 3.37. The molecule has 0 heterocycles. The lowest BCUT2D eigenvalue weighted by Crippen LogP contribution is -1.77. The van der Waals surface area contributed by atoms with Crippen LogP contribution < -0.4 is 0 Å². The number of hydrogen-bond donors (Lipinski definition) is 1. The molecular formula is C14H12BrClN2O. The summed E-state index contributed by atoms with van der Waals surface area (Å²) in [5.74, 6) is -0.0709. The number of phenols is 1. The van der Waals surface area contributed by atoms with E-state index in [1.165, 1.54) is 5.56 Å². The van der Waals surface area contributed by atoms with Crippen LogP contribution in [0, 0.1) is 13.8 Å². The third kappa shape index (κ3) is 3.33. The molecule has 2 aromatic carbocycles. The van der Waals surface area contributed by atoms with Gasteiger partial charge in [0.2, 0.25) is 0 Å². The van der Waals surface area contributed by atoms with Crippen LogP contribution in [0.1, 0.15) is 11.1 Å². The molecule has 2 aromatic rings. The van der Waals surface area contributed by atoms with Crippen molar-refractivity contribution in [3.8, 4) is 5.75 Å². The molecule has 0 bridgehead atoms. The maximum Gasteiger partial charge on any atom is 0.161 e. The van der Waals surface area contributed by atoms with Gasteiger partial charge in [0, 0.05) is 4.47 Å². The molecule has 0 aromatic heterocycles. The van der Waals surface area contributed by atoms with Crippen LogP contribution in [0.4, 0.5) is 11.4 Å². The largest absolute Gasteiger partial charge is 0.504 e. The van der Waals surface area contributed by atoms with E-state index in [1.807, 2.05) is 32.0 Å². The molecular weight excluding hydrogens is 328 g/mol. The standard InChI is InChI=1S/C14H12BrClN2O/c1-8-3-4-12(9(2)5-8)17-18-13-7-10(15)6-11(16)14(13)19/h3-7,19H,1-2H3. The zero-order valence-electron chi connectivity index (χ0n) is 10.5. The Balaban J connectivity index is 2.38. The van der Waals surface area contributed by atoms with Crippen LogP contribution in [0.15, 0.2) is 45.0 Å². The summed E-state index contributed by atoms with van der Waals surface area (Å²) in [6.07, 6.45) is 0.